The Morgan fingerprint density at radius 3 is 2.62 bits per heavy atom. The first-order valence-corrected chi connectivity index (χ1v) is 17.7. The van der Waals surface area contributed by atoms with Crippen LogP contribution in [-0.4, -0.2) is 42.3 Å². The van der Waals surface area contributed by atoms with Crippen LogP contribution in [0.1, 0.15) is 17.0 Å². The average molecular weight is 689 g/mol. The fourth-order valence-corrected chi connectivity index (χ4v) is 7.07. The van der Waals surface area contributed by atoms with E-state index in [4.69, 9.17) is 26.1 Å². The largest absolute Gasteiger partial charge is 0.487 e. The Morgan fingerprint density at radius 1 is 0.915 bits per heavy atom. The number of aryl methyl sites for hydroxylation is 1. The van der Waals surface area contributed by atoms with Crippen molar-refractivity contribution < 1.29 is 22.3 Å². The number of benzene rings is 4. The molecule has 1 N–H and O–H groups in total. The highest BCUT2D eigenvalue weighted by atomic mass is 35.5. The van der Waals surface area contributed by atoms with Crippen LogP contribution in [0.15, 0.2) is 108 Å². The summed E-state index contributed by atoms with van der Waals surface area (Å²) in [4.78, 5) is 14.0. The number of thiazole rings is 1. The molecule has 0 fully saturated rings. The molecule has 0 aliphatic rings. The van der Waals surface area contributed by atoms with Crippen molar-refractivity contribution in [1.82, 2.24) is 15.0 Å². The van der Waals surface area contributed by atoms with Crippen molar-refractivity contribution in [2.45, 2.75) is 24.3 Å². The van der Waals surface area contributed by atoms with Gasteiger partial charge in [-0.15, -0.1) is 11.3 Å². The minimum absolute atomic E-state index is 0.0499. The van der Waals surface area contributed by atoms with Crippen LogP contribution in [0.5, 0.6) is 5.75 Å². The van der Waals surface area contributed by atoms with Gasteiger partial charge >= 0.3 is 0 Å². The molecule has 0 aliphatic heterocycles. The van der Waals surface area contributed by atoms with E-state index in [0.717, 1.165) is 40.0 Å². The Labute approximate surface area is 281 Å². The Bertz CT molecular complexity index is 2100. The molecule has 0 radical (unpaired) electrons. The third kappa shape index (κ3) is 8.49. The van der Waals surface area contributed by atoms with Gasteiger partial charge in [0.05, 0.1) is 38.5 Å². The lowest BCUT2D eigenvalue weighted by Gasteiger charge is -2.12. The highest BCUT2D eigenvalue weighted by molar-refractivity contribution is 7.91. The number of hydrogen-bond acceptors (Lipinski definition) is 9. The SMILES string of the molecule is O=S(=O)(CCOCCCc1nc(-c2ccc3ncnc(Nc4ccc(OCc5cccc(F)c5)c(Cl)c4)c3c2)cs1)c1ccccc1. The molecule has 6 rings (SSSR count). The first-order chi connectivity index (χ1) is 22.8. The molecule has 4 aromatic carbocycles. The van der Waals surface area contributed by atoms with Gasteiger partial charge in [-0.25, -0.2) is 27.8 Å². The van der Waals surface area contributed by atoms with Gasteiger partial charge in [-0.2, -0.15) is 0 Å². The molecule has 0 saturated carbocycles. The molecule has 0 spiro atoms. The van der Waals surface area contributed by atoms with Crippen LogP contribution in [0.25, 0.3) is 22.2 Å². The number of halogens is 2. The van der Waals surface area contributed by atoms with Crippen LogP contribution in [-0.2, 0) is 27.6 Å². The summed E-state index contributed by atoms with van der Waals surface area (Å²) in [6.07, 6.45) is 2.96. The maximum atomic E-state index is 13.5. The highest BCUT2D eigenvalue weighted by Gasteiger charge is 2.14. The van der Waals surface area contributed by atoms with Crippen molar-refractivity contribution in [3.8, 4) is 17.0 Å². The van der Waals surface area contributed by atoms with Crippen molar-refractivity contribution in [3.63, 3.8) is 0 Å². The van der Waals surface area contributed by atoms with Crippen LogP contribution >= 0.6 is 22.9 Å². The first kappa shape index (κ1) is 32.5. The maximum absolute atomic E-state index is 13.5. The number of anilines is 2. The fourth-order valence-electron chi connectivity index (χ4n) is 4.84. The van der Waals surface area contributed by atoms with Gasteiger partial charge in [0.1, 0.15) is 30.3 Å². The highest BCUT2D eigenvalue weighted by Crippen LogP contribution is 2.33. The monoisotopic (exact) mass is 688 g/mol. The van der Waals surface area contributed by atoms with Gasteiger partial charge in [-0.05, 0) is 66.6 Å². The molecule has 6 aromatic rings. The van der Waals surface area contributed by atoms with Gasteiger partial charge in [0.15, 0.2) is 9.84 Å². The molecule has 47 heavy (non-hydrogen) atoms. The zero-order valence-corrected chi connectivity index (χ0v) is 27.5. The van der Waals surface area contributed by atoms with Crippen LogP contribution in [0.2, 0.25) is 5.02 Å². The van der Waals surface area contributed by atoms with Crippen LogP contribution in [0, 0.1) is 5.82 Å². The van der Waals surface area contributed by atoms with E-state index < -0.39 is 9.84 Å². The number of aromatic nitrogens is 3. The van der Waals surface area contributed by atoms with Crippen LogP contribution in [0.4, 0.5) is 15.9 Å². The molecule has 12 heteroatoms. The number of hydrogen-bond donors (Lipinski definition) is 1. The molecule has 0 saturated heterocycles. The third-order valence-corrected chi connectivity index (χ3v) is 10.1. The van der Waals surface area contributed by atoms with Gasteiger partial charge in [0.25, 0.3) is 0 Å². The zero-order chi connectivity index (χ0) is 32.6. The molecule has 8 nitrogen and oxygen atoms in total. The predicted octanol–water partition coefficient (Wildman–Crippen LogP) is 8.29. The van der Waals surface area contributed by atoms with E-state index in [1.165, 1.54) is 18.5 Å². The molecule has 0 atom stereocenters. The Hall–Kier alpha value is -4.42. The van der Waals surface area contributed by atoms with E-state index in [9.17, 15) is 12.8 Å². The maximum Gasteiger partial charge on any atom is 0.180 e. The second kappa shape index (κ2) is 15.0. The summed E-state index contributed by atoms with van der Waals surface area (Å²) < 4.78 is 49.7. The normalized spacial score (nSPS) is 11.5. The molecule has 240 valence electrons. The Balaban J connectivity index is 1.05. The van der Waals surface area contributed by atoms with Gasteiger partial charge < -0.3 is 14.8 Å². The standard InChI is InChI=1S/C35H30ClFN4O4S2/c36-30-20-27(12-14-33(30)45-21-24-6-4-7-26(37)18-24)40-35-29-19-25(11-13-31(29)38-23-39-35)32-22-46-34(41-32)10-5-15-44-16-17-47(42,43)28-8-2-1-3-9-28/h1-4,6-9,11-14,18-20,22-23H,5,10,15-17,21H2,(H,38,39,40). The summed E-state index contributed by atoms with van der Waals surface area (Å²) in [6, 6.07) is 25.9. The summed E-state index contributed by atoms with van der Waals surface area (Å²) in [7, 11) is -3.35. The quantitative estimate of drug-likeness (QED) is 0.114. The van der Waals surface area contributed by atoms with E-state index >= 15 is 0 Å². The summed E-state index contributed by atoms with van der Waals surface area (Å²) in [5.41, 5.74) is 3.97. The molecular formula is C35H30ClFN4O4S2. The van der Waals surface area contributed by atoms with Crippen molar-refractivity contribution in [1.29, 1.82) is 0 Å². The topological polar surface area (TPSA) is 103 Å². The van der Waals surface area contributed by atoms with E-state index in [2.05, 4.69) is 15.3 Å². The van der Waals surface area contributed by atoms with Crippen molar-refractivity contribution >= 4 is 55.2 Å². The molecule has 0 bridgehead atoms. The van der Waals surface area contributed by atoms with Gasteiger partial charge in [-0.3, -0.25) is 0 Å². The minimum Gasteiger partial charge on any atom is -0.487 e. The van der Waals surface area contributed by atoms with Crippen LogP contribution in [0.3, 0.4) is 0 Å². The molecule has 0 amide bonds. The molecular weight excluding hydrogens is 659 g/mol. The van der Waals surface area contributed by atoms with Crippen molar-refractivity contribution in [2.75, 3.05) is 24.3 Å². The lowest BCUT2D eigenvalue weighted by molar-refractivity contribution is 0.146. The second-order valence-electron chi connectivity index (χ2n) is 10.6. The lowest BCUT2D eigenvalue weighted by Crippen LogP contribution is -2.13. The molecule has 2 aromatic heterocycles. The fraction of sp³-hybridized carbons (Fsp3) is 0.171. The van der Waals surface area contributed by atoms with Crippen molar-refractivity contribution in [2.24, 2.45) is 0 Å². The Morgan fingerprint density at radius 2 is 1.79 bits per heavy atom. The smallest absolute Gasteiger partial charge is 0.180 e. The first-order valence-electron chi connectivity index (χ1n) is 14.8. The summed E-state index contributed by atoms with van der Waals surface area (Å²) in [5, 5.41) is 7.55. The second-order valence-corrected chi connectivity index (χ2v) is 14.1. The minimum atomic E-state index is -3.35. The number of sulfone groups is 1. The van der Waals surface area contributed by atoms with Gasteiger partial charge in [0.2, 0.25) is 0 Å². The van der Waals surface area contributed by atoms with E-state index in [-0.39, 0.29) is 24.8 Å². The van der Waals surface area contributed by atoms with E-state index in [0.29, 0.717) is 39.3 Å². The summed E-state index contributed by atoms with van der Waals surface area (Å²) >= 11 is 8.08. The van der Waals surface area contributed by atoms with Gasteiger partial charge in [0, 0.05) is 35.0 Å². The lowest BCUT2D eigenvalue weighted by atomic mass is 10.1. The summed E-state index contributed by atoms with van der Waals surface area (Å²) in [5.74, 6) is 0.730. The van der Waals surface area contributed by atoms with E-state index in [1.807, 2.05) is 29.6 Å². The third-order valence-electron chi connectivity index (χ3n) is 7.24. The number of ether oxygens (including phenoxy) is 2. The number of nitrogens with zero attached hydrogens (tertiary/aromatic N) is 3. The van der Waals surface area contributed by atoms with Crippen molar-refractivity contribution in [3.05, 3.63) is 124 Å². The summed E-state index contributed by atoms with van der Waals surface area (Å²) in [6.45, 7) is 0.791. The van der Waals surface area contributed by atoms with E-state index in [1.54, 1.807) is 65.9 Å². The molecule has 0 aliphatic carbocycles. The molecule has 2 heterocycles. The molecule has 0 unspecified atom stereocenters. The Kier molecular flexibility index (Phi) is 10.4. The number of nitrogens with one attached hydrogen (secondary N) is 1. The average Bonchev–Trinajstić information content (AvgIpc) is 3.55. The number of fused-ring (bicyclic) bond motifs is 1. The number of rotatable bonds is 14. The predicted molar refractivity (Wildman–Crippen MR) is 184 cm³/mol. The zero-order valence-electron chi connectivity index (χ0n) is 25.1. The van der Waals surface area contributed by atoms with Crippen LogP contribution < -0.4 is 10.1 Å². The van der Waals surface area contributed by atoms with Gasteiger partial charge in [-0.1, -0.05) is 48.0 Å².